The molecule has 1 saturated carbocycles. The van der Waals surface area contributed by atoms with Crippen LogP contribution in [0.25, 0.3) is 0 Å². The van der Waals surface area contributed by atoms with Crippen LogP contribution in [0.3, 0.4) is 0 Å². The van der Waals surface area contributed by atoms with E-state index in [9.17, 15) is 4.79 Å². The van der Waals surface area contributed by atoms with E-state index in [-0.39, 0.29) is 0 Å². The number of aliphatic carboxylic acids is 1. The summed E-state index contributed by atoms with van der Waals surface area (Å²) in [6, 6.07) is 0.784. The van der Waals surface area contributed by atoms with Crippen LogP contribution in [0.1, 0.15) is 64.7 Å². The summed E-state index contributed by atoms with van der Waals surface area (Å²) in [5.41, 5.74) is 0. The predicted molar refractivity (Wildman–Crippen MR) is 77.2 cm³/mol. The van der Waals surface area contributed by atoms with Crippen LogP contribution in [0, 0.1) is 11.8 Å². The van der Waals surface area contributed by atoms with Crippen molar-refractivity contribution in [1.29, 1.82) is 0 Å². The molecule has 2 fully saturated rings. The number of carbonyl (C=O) groups is 1. The van der Waals surface area contributed by atoms with Crippen LogP contribution in [0.5, 0.6) is 0 Å². The second-order valence-electron chi connectivity index (χ2n) is 6.53. The lowest BCUT2D eigenvalue weighted by molar-refractivity contribution is -0.137. The van der Waals surface area contributed by atoms with Gasteiger partial charge in [-0.25, -0.2) is 0 Å². The van der Waals surface area contributed by atoms with Gasteiger partial charge in [-0.2, -0.15) is 0 Å². The first-order chi connectivity index (χ1) is 9.19. The maximum absolute atomic E-state index is 10.7. The number of rotatable bonds is 5. The molecule has 3 nitrogen and oxygen atoms in total. The van der Waals surface area contributed by atoms with Crippen molar-refractivity contribution in [2.45, 2.75) is 70.8 Å². The standard InChI is InChI=1S/C16H29NO2/c1-2-13-5-3-7-15(11-13)17-10-4-6-14(12-17)8-9-16(18)19/h13-15H,2-12H2,1H3,(H,18,19). The van der Waals surface area contributed by atoms with Crippen molar-refractivity contribution in [3.8, 4) is 0 Å². The van der Waals surface area contributed by atoms with Gasteiger partial charge in [0.15, 0.2) is 0 Å². The number of hydrogen-bond acceptors (Lipinski definition) is 2. The molecule has 19 heavy (non-hydrogen) atoms. The van der Waals surface area contributed by atoms with Crippen molar-refractivity contribution in [3.05, 3.63) is 0 Å². The van der Waals surface area contributed by atoms with Crippen molar-refractivity contribution >= 4 is 5.97 Å². The molecule has 3 unspecified atom stereocenters. The predicted octanol–water partition coefficient (Wildman–Crippen LogP) is 3.53. The molecule has 0 radical (unpaired) electrons. The van der Waals surface area contributed by atoms with E-state index in [0.717, 1.165) is 24.9 Å². The molecule has 1 heterocycles. The molecule has 0 amide bonds. The first kappa shape index (κ1) is 14.8. The molecule has 0 aromatic heterocycles. The Balaban J connectivity index is 1.81. The Morgan fingerprint density at radius 2 is 2.00 bits per heavy atom. The molecule has 1 N–H and O–H groups in total. The minimum absolute atomic E-state index is 0.348. The monoisotopic (exact) mass is 267 g/mol. The highest BCUT2D eigenvalue weighted by molar-refractivity contribution is 5.66. The molecule has 1 saturated heterocycles. The molecule has 0 aromatic carbocycles. The first-order valence-corrected chi connectivity index (χ1v) is 8.15. The number of nitrogens with zero attached hydrogens (tertiary/aromatic N) is 1. The fourth-order valence-corrected chi connectivity index (χ4v) is 3.96. The minimum Gasteiger partial charge on any atom is -0.481 e. The molecular formula is C16H29NO2. The van der Waals surface area contributed by atoms with Gasteiger partial charge in [-0.15, -0.1) is 0 Å². The van der Waals surface area contributed by atoms with Gasteiger partial charge in [0.25, 0.3) is 0 Å². The molecule has 1 aliphatic heterocycles. The Morgan fingerprint density at radius 1 is 1.21 bits per heavy atom. The summed E-state index contributed by atoms with van der Waals surface area (Å²) in [7, 11) is 0. The summed E-state index contributed by atoms with van der Waals surface area (Å²) in [6.07, 6.45) is 10.6. The fraction of sp³-hybridized carbons (Fsp3) is 0.938. The molecule has 1 aliphatic carbocycles. The van der Waals surface area contributed by atoms with E-state index in [4.69, 9.17) is 5.11 Å². The SMILES string of the molecule is CCC1CCCC(N2CCCC(CCC(=O)O)C2)C1. The largest absolute Gasteiger partial charge is 0.481 e. The van der Waals surface area contributed by atoms with Crippen LogP contribution in [0.15, 0.2) is 0 Å². The van der Waals surface area contributed by atoms with Crippen LogP contribution in [0.4, 0.5) is 0 Å². The number of hydrogen-bond donors (Lipinski definition) is 1. The van der Waals surface area contributed by atoms with Crippen molar-refractivity contribution in [3.63, 3.8) is 0 Å². The van der Waals surface area contributed by atoms with E-state index < -0.39 is 5.97 Å². The van der Waals surface area contributed by atoms with Crippen molar-refractivity contribution in [2.75, 3.05) is 13.1 Å². The molecule has 0 bridgehead atoms. The second-order valence-corrected chi connectivity index (χ2v) is 6.53. The summed E-state index contributed by atoms with van der Waals surface area (Å²) in [4.78, 5) is 13.4. The Labute approximate surface area is 117 Å². The topological polar surface area (TPSA) is 40.5 Å². The zero-order chi connectivity index (χ0) is 13.7. The van der Waals surface area contributed by atoms with Gasteiger partial charge < -0.3 is 10.0 Å². The van der Waals surface area contributed by atoms with Gasteiger partial charge >= 0.3 is 5.97 Å². The number of carboxylic acid groups (broad SMARTS) is 1. The van der Waals surface area contributed by atoms with E-state index in [1.165, 1.54) is 51.5 Å². The molecule has 3 atom stereocenters. The number of piperidine rings is 1. The summed E-state index contributed by atoms with van der Waals surface area (Å²) < 4.78 is 0. The number of carboxylic acids is 1. The second kappa shape index (κ2) is 7.28. The summed E-state index contributed by atoms with van der Waals surface area (Å²) in [5, 5.41) is 8.81. The third-order valence-corrected chi connectivity index (χ3v) is 5.17. The molecule has 0 aromatic rings. The van der Waals surface area contributed by atoms with Gasteiger partial charge in [-0.05, 0) is 50.5 Å². The van der Waals surface area contributed by atoms with Crippen LogP contribution in [-0.4, -0.2) is 35.1 Å². The maximum atomic E-state index is 10.7. The lowest BCUT2D eigenvalue weighted by Gasteiger charge is -2.42. The lowest BCUT2D eigenvalue weighted by Crippen LogP contribution is -2.44. The highest BCUT2D eigenvalue weighted by atomic mass is 16.4. The van der Waals surface area contributed by atoms with Gasteiger partial charge in [-0.1, -0.05) is 26.2 Å². The average Bonchev–Trinajstić information content (AvgIpc) is 2.45. The fourth-order valence-electron chi connectivity index (χ4n) is 3.96. The van der Waals surface area contributed by atoms with E-state index in [2.05, 4.69) is 11.8 Å². The Hall–Kier alpha value is -0.570. The molecule has 0 spiro atoms. The molecule has 2 rings (SSSR count). The Morgan fingerprint density at radius 3 is 2.74 bits per heavy atom. The van der Waals surface area contributed by atoms with Gasteiger partial charge in [0.1, 0.15) is 0 Å². The van der Waals surface area contributed by atoms with Gasteiger partial charge in [0.05, 0.1) is 0 Å². The van der Waals surface area contributed by atoms with E-state index in [0.29, 0.717) is 12.3 Å². The zero-order valence-electron chi connectivity index (χ0n) is 12.3. The minimum atomic E-state index is -0.638. The van der Waals surface area contributed by atoms with Crippen LogP contribution >= 0.6 is 0 Å². The van der Waals surface area contributed by atoms with Crippen LogP contribution in [0.2, 0.25) is 0 Å². The van der Waals surface area contributed by atoms with E-state index >= 15 is 0 Å². The maximum Gasteiger partial charge on any atom is 0.303 e. The van der Waals surface area contributed by atoms with Gasteiger partial charge in [0.2, 0.25) is 0 Å². The normalized spacial score (nSPS) is 33.2. The molecule has 110 valence electrons. The summed E-state index contributed by atoms with van der Waals surface area (Å²) in [5.74, 6) is 0.908. The third kappa shape index (κ3) is 4.48. The smallest absolute Gasteiger partial charge is 0.303 e. The first-order valence-electron chi connectivity index (χ1n) is 8.15. The Kier molecular flexibility index (Phi) is 5.68. The van der Waals surface area contributed by atoms with Crippen molar-refractivity contribution in [2.24, 2.45) is 11.8 Å². The summed E-state index contributed by atoms with van der Waals surface area (Å²) >= 11 is 0. The molecular weight excluding hydrogens is 238 g/mol. The average molecular weight is 267 g/mol. The Bertz CT molecular complexity index is 292. The van der Waals surface area contributed by atoms with Crippen LogP contribution in [-0.2, 0) is 4.79 Å². The van der Waals surface area contributed by atoms with E-state index in [1.807, 2.05) is 0 Å². The highest BCUT2D eigenvalue weighted by Gasteiger charge is 2.29. The molecule has 3 heteroatoms. The van der Waals surface area contributed by atoms with Crippen molar-refractivity contribution in [1.82, 2.24) is 4.90 Å². The lowest BCUT2D eigenvalue weighted by atomic mass is 9.82. The van der Waals surface area contributed by atoms with Gasteiger partial charge in [-0.3, -0.25) is 4.79 Å². The zero-order valence-corrected chi connectivity index (χ0v) is 12.3. The third-order valence-electron chi connectivity index (χ3n) is 5.17. The van der Waals surface area contributed by atoms with Gasteiger partial charge in [0, 0.05) is 19.0 Å². The summed E-state index contributed by atoms with van der Waals surface area (Å²) in [6.45, 7) is 4.71. The highest BCUT2D eigenvalue weighted by Crippen LogP contribution is 2.32. The van der Waals surface area contributed by atoms with Crippen molar-refractivity contribution < 1.29 is 9.90 Å². The van der Waals surface area contributed by atoms with E-state index in [1.54, 1.807) is 0 Å². The van der Waals surface area contributed by atoms with Crippen LogP contribution < -0.4 is 0 Å². The number of likely N-dealkylation sites (tertiary alicyclic amines) is 1. The quantitative estimate of drug-likeness (QED) is 0.828. The molecule has 2 aliphatic rings.